The minimum Gasteiger partial charge on any atom is -0.198 e. The first-order valence-corrected chi connectivity index (χ1v) is 12.6. The first-order valence-electron chi connectivity index (χ1n) is 12.6. The first-order chi connectivity index (χ1) is 14.1. The summed E-state index contributed by atoms with van der Waals surface area (Å²) in [6.45, 7) is 4.62. The molecule has 0 saturated heterocycles. The van der Waals surface area contributed by atoms with Gasteiger partial charge >= 0.3 is 0 Å². The third kappa shape index (κ3) is 6.60. The molecule has 2 aliphatic carbocycles. The maximum Gasteiger partial charge on any atom is 0.0689 e. The van der Waals surface area contributed by atoms with Crippen molar-refractivity contribution in [3.05, 3.63) is 35.4 Å². The van der Waals surface area contributed by atoms with Gasteiger partial charge in [-0.3, -0.25) is 0 Å². The Balaban J connectivity index is 1.44. The predicted octanol–water partition coefficient (Wildman–Crippen LogP) is 8.58. The van der Waals surface area contributed by atoms with E-state index in [1.165, 1.54) is 76.2 Å². The Labute approximate surface area is 180 Å². The molecule has 29 heavy (non-hydrogen) atoms. The molecule has 0 spiro atoms. The summed E-state index contributed by atoms with van der Waals surface area (Å²) in [5.41, 5.74) is 2.91. The molecule has 0 radical (unpaired) electrons. The molecule has 2 atom stereocenters. The van der Waals surface area contributed by atoms with Crippen molar-refractivity contribution >= 4 is 0 Å². The molecule has 0 heterocycles. The Morgan fingerprint density at radius 2 is 1.76 bits per heavy atom. The van der Waals surface area contributed by atoms with Crippen LogP contribution in [0.25, 0.3) is 0 Å². The fourth-order valence-electron chi connectivity index (χ4n) is 6.03. The van der Waals surface area contributed by atoms with Gasteiger partial charge < -0.3 is 0 Å². The van der Waals surface area contributed by atoms with Gasteiger partial charge in [0.1, 0.15) is 0 Å². The molecule has 1 aromatic carbocycles. The number of unbranched alkanes of at least 4 members (excludes halogenated alkanes) is 3. The standard InChI is InChI=1S/C28H43N/c1-3-4-5-6-9-24-10-14-26(15-11-24)27-16-12-25(13-17-27)18-20-28(22-29)19-7-8-23(2)21-28/h12-13,16-17,23-24,26H,3-11,14-15,18-21H2,1-2H3. The highest BCUT2D eigenvalue weighted by molar-refractivity contribution is 5.26. The lowest BCUT2D eigenvalue weighted by molar-refractivity contribution is 0.197. The van der Waals surface area contributed by atoms with Crippen molar-refractivity contribution in [1.29, 1.82) is 5.26 Å². The van der Waals surface area contributed by atoms with E-state index in [4.69, 9.17) is 0 Å². The average Bonchev–Trinajstić information content (AvgIpc) is 2.76. The van der Waals surface area contributed by atoms with E-state index in [0.29, 0.717) is 5.92 Å². The molecule has 2 unspecified atom stereocenters. The first kappa shape index (κ1) is 22.4. The minimum atomic E-state index is -0.0636. The van der Waals surface area contributed by atoms with Crippen LogP contribution in [0.5, 0.6) is 0 Å². The maximum atomic E-state index is 9.80. The lowest BCUT2D eigenvalue weighted by Crippen LogP contribution is -2.26. The quantitative estimate of drug-likeness (QED) is 0.385. The Hall–Kier alpha value is -1.29. The van der Waals surface area contributed by atoms with Crippen molar-refractivity contribution in [1.82, 2.24) is 0 Å². The Morgan fingerprint density at radius 3 is 2.41 bits per heavy atom. The van der Waals surface area contributed by atoms with Crippen LogP contribution in [-0.2, 0) is 6.42 Å². The van der Waals surface area contributed by atoms with E-state index in [2.05, 4.69) is 44.2 Å². The number of hydrogen-bond donors (Lipinski definition) is 0. The lowest BCUT2D eigenvalue weighted by atomic mass is 9.68. The summed E-state index contributed by atoms with van der Waals surface area (Å²) in [5.74, 6) is 2.48. The zero-order chi connectivity index (χ0) is 20.5. The molecule has 1 nitrogen and oxygen atoms in total. The summed E-state index contributed by atoms with van der Waals surface area (Å²) >= 11 is 0. The van der Waals surface area contributed by atoms with Crippen LogP contribution in [-0.4, -0.2) is 0 Å². The highest BCUT2D eigenvalue weighted by Gasteiger charge is 2.34. The second kappa shape index (κ2) is 11.2. The van der Waals surface area contributed by atoms with Crippen LogP contribution in [0.4, 0.5) is 0 Å². The minimum absolute atomic E-state index is 0.0636. The topological polar surface area (TPSA) is 23.8 Å². The van der Waals surface area contributed by atoms with Gasteiger partial charge in [-0.25, -0.2) is 0 Å². The van der Waals surface area contributed by atoms with Gasteiger partial charge in [0.15, 0.2) is 0 Å². The van der Waals surface area contributed by atoms with E-state index in [1.807, 2.05) is 0 Å². The summed E-state index contributed by atoms with van der Waals surface area (Å²) in [6, 6.07) is 12.2. The molecule has 0 amide bonds. The summed E-state index contributed by atoms with van der Waals surface area (Å²) in [7, 11) is 0. The van der Waals surface area contributed by atoms with Gasteiger partial charge in [-0.1, -0.05) is 83.1 Å². The molecular weight excluding hydrogens is 350 g/mol. The van der Waals surface area contributed by atoms with E-state index >= 15 is 0 Å². The van der Waals surface area contributed by atoms with Crippen molar-refractivity contribution in [3.63, 3.8) is 0 Å². The lowest BCUT2D eigenvalue weighted by Gasteiger charge is -2.34. The van der Waals surface area contributed by atoms with E-state index in [1.54, 1.807) is 5.56 Å². The van der Waals surface area contributed by atoms with Crippen LogP contribution in [0.3, 0.4) is 0 Å². The monoisotopic (exact) mass is 393 g/mol. The fourth-order valence-corrected chi connectivity index (χ4v) is 6.03. The molecule has 1 heteroatoms. The zero-order valence-electron chi connectivity index (χ0n) is 19.1. The average molecular weight is 394 g/mol. The molecule has 2 fully saturated rings. The second-order valence-electron chi connectivity index (χ2n) is 10.4. The molecule has 2 aliphatic rings. The summed E-state index contributed by atoms with van der Waals surface area (Å²) < 4.78 is 0. The van der Waals surface area contributed by atoms with Crippen molar-refractivity contribution < 1.29 is 0 Å². The van der Waals surface area contributed by atoms with E-state index in [0.717, 1.165) is 37.5 Å². The summed E-state index contributed by atoms with van der Waals surface area (Å²) in [4.78, 5) is 0. The zero-order valence-corrected chi connectivity index (χ0v) is 19.1. The second-order valence-corrected chi connectivity index (χ2v) is 10.4. The van der Waals surface area contributed by atoms with Crippen molar-refractivity contribution in [2.45, 2.75) is 116 Å². The van der Waals surface area contributed by atoms with Crippen molar-refractivity contribution in [3.8, 4) is 6.07 Å². The summed E-state index contributed by atoms with van der Waals surface area (Å²) in [5, 5.41) is 9.80. The normalized spacial score (nSPS) is 30.0. The van der Waals surface area contributed by atoms with Crippen LogP contribution in [0, 0.1) is 28.6 Å². The predicted molar refractivity (Wildman–Crippen MR) is 124 cm³/mol. The molecule has 160 valence electrons. The number of nitrogens with zero attached hydrogens (tertiary/aromatic N) is 1. The van der Waals surface area contributed by atoms with Crippen LogP contribution < -0.4 is 0 Å². The SMILES string of the molecule is CCCCCCC1CCC(c2ccc(CCC3(C#N)CCCC(C)C3)cc2)CC1. The van der Waals surface area contributed by atoms with Crippen LogP contribution >= 0.6 is 0 Å². The van der Waals surface area contributed by atoms with Crippen LogP contribution in [0.1, 0.15) is 121 Å². The highest BCUT2D eigenvalue weighted by Crippen LogP contribution is 2.42. The molecular formula is C28H43N. The third-order valence-electron chi connectivity index (χ3n) is 7.98. The van der Waals surface area contributed by atoms with Crippen molar-refractivity contribution in [2.24, 2.45) is 17.3 Å². The molecule has 0 aliphatic heterocycles. The summed E-state index contributed by atoms with van der Waals surface area (Å²) in [6.07, 6.45) is 19.6. The molecule has 0 aromatic heterocycles. The molecule has 1 aromatic rings. The number of benzene rings is 1. The number of hydrogen-bond acceptors (Lipinski definition) is 1. The Morgan fingerprint density at radius 1 is 1.00 bits per heavy atom. The molecule has 0 N–H and O–H groups in total. The highest BCUT2D eigenvalue weighted by atomic mass is 14.4. The Kier molecular flexibility index (Phi) is 8.65. The maximum absolute atomic E-state index is 9.80. The smallest absolute Gasteiger partial charge is 0.0689 e. The molecule has 0 bridgehead atoms. The largest absolute Gasteiger partial charge is 0.198 e. The van der Waals surface area contributed by atoms with E-state index < -0.39 is 0 Å². The molecule has 2 saturated carbocycles. The Bertz CT molecular complexity index is 631. The van der Waals surface area contributed by atoms with Gasteiger partial charge in [-0.05, 0) is 80.2 Å². The molecule has 3 rings (SSSR count). The van der Waals surface area contributed by atoms with Crippen LogP contribution in [0.2, 0.25) is 0 Å². The fraction of sp³-hybridized carbons (Fsp3) is 0.750. The van der Waals surface area contributed by atoms with E-state index in [-0.39, 0.29) is 5.41 Å². The van der Waals surface area contributed by atoms with Crippen LogP contribution in [0.15, 0.2) is 24.3 Å². The van der Waals surface area contributed by atoms with Crippen molar-refractivity contribution in [2.75, 3.05) is 0 Å². The van der Waals surface area contributed by atoms with Gasteiger partial charge in [0.2, 0.25) is 0 Å². The number of aryl methyl sites for hydroxylation is 1. The third-order valence-corrected chi connectivity index (χ3v) is 7.98. The number of rotatable bonds is 9. The number of nitriles is 1. The van der Waals surface area contributed by atoms with Gasteiger partial charge in [0.05, 0.1) is 11.5 Å². The van der Waals surface area contributed by atoms with Gasteiger partial charge in [-0.15, -0.1) is 0 Å². The van der Waals surface area contributed by atoms with Gasteiger partial charge in [0, 0.05) is 0 Å². The van der Waals surface area contributed by atoms with E-state index in [9.17, 15) is 5.26 Å². The van der Waals surface area contributed by atoms with Gasteiger partial charge in [-0.2, -0.15) is 5.26 Å². The van der Waals surface area contributed by atoms with Gasteiger partial charge in [0.25, 0.3) is 0 Å².